The molecule has 4 nitrogen and oxygen atoms in total. The van der Waals surface area contributed by atoms with E-state index in [1.165, 1.54) is 0 Å². The molecular formula is C18H16N2O2. The summed E-state index contributed by atoms with van der Waals surface area (Å²) in [6.45, 7) is 4.09. The van der Waals surface area contributed by atoms with Gasteiger partial charge in [-0.15, -0.1) is 0 Å². The highest BCUT2D eigenvalue weighted by Gasteiger charge is 2.10. The lowest BCUT2D eigenvalue weighted by molar-refractivity contribution is 0.0473. The number of hydrogen-bond donors (Lipinski definition) is 0. The molecule has 1 aromatic heterocycles. The summed E-state index contributed by atoms with van der Waals surface area (Å²) >= 11 is 0. The molecule has 110 valence electrons. The first kappa shape index (κ1) is 14.2. The van der Waals surface area contributed by atoms with E-state index in [2.05, 4.69) is 9.97 Å². The van der Waals surface area contributed by atoms with Gasteiger partial charge in [-0.3, -0.25) is 0 Å². The minimum absolute atomic E-state index is 0.260. The predicted molar refractivity (Wildman–Crippen MR) is 84.6 cm³/mol. The molecule has 0 atom stereocenters. The molecule has 0 saturated carbocycles. The number of aromatic nitrogens is 2. The molecule has 0 unspecified atom stereocenters. The molecule has 0 fully saturated rings. The Balaban J connectivity index is 1.80. The second kappa shape index (κ2) is 5.93. The highest BCUT2D eigenvalue weighted by Crippen LogP contribution is 2.15. The van der Waals surface area contributed by atoms with Gasteiger partial charge in [0.25, 0.3) is 0 Å². The molecule has 0 bridgehead atoms. The minimum Gasteiger partial charge on any atom is -0.457 e. The van der Waals surface area contributed by atoms with E-state index in [0.717, 1.165) is 22.5 Å². The van der Waals surface area contributed by atoms with Crippen LogP contribution in [0, 0.1) is 13.8 Å². The topological polar surface area (TPSA) is 52.1 Å². The summed E-state index contributed by atoms with van der Waals surface area (Å²) in [7, 11) is 0. The summed E-state index contributed by atoms with van der Waals surface area (Å²) in [4.78, 5) is 21.1. The minimum atomic E-state index is -0.356. The first-order chi connectivity index (χ1) is 10.6. The van der Waals surface area contributed by atoms with Crippen LogP contribution in [0.4, 0.5) is 0 Å². The molecule has 3 rings (SSSR count). The van der Waals surface area contributed by atoms with Gasteiger partial charge in [-0.2, -0.15) is 0 Å². The number of nitrogens with zero attached hydrogens (tertiary/aromatic N) is 2. The van der Waals surface area contributed by atoms with Crippen LogP contribution in [0.2, 0.25) is 0 Å². The van der Waals surface area contributed by atoms with Crippen molar-refractivity contribution in [3.05, 3.63) is 71.0 Å². The summed E-state index contributed by atoms with van der Waals surface area (Å²) < 4.78 is 5.33. The van der Waals surface area contributed by atoms with Gasteiger partial charge >= 0.3 is 5.97 Å². The summed E-state index contributed by atoms with van der Waals surface area (Å²) in [5, 5.41) is 0. The molecule has 0 amide bonds. The molecule has 22 heavy (non-hydrogen) atoms. The number of aryl methyl sites for hydroxylation is 2. The highest BCUT2D eigenvalue weighted by molar-refractivity contribution is 5.93. The Morgan fingerprint density at radius 3 is 2.36 bits per heavy atom. The van der Waals surface area contributed by atoms with Crippen molar-refractivity contribution in [2.45, 2.75) is 20.5 Å². The van der Waals surface area contributed by atoms with Crippen molar-refractivity contribution in [2.75, 3.05) is 0 Å². The van der Waals surface area contributed by atoms with Crippen LogP contribution in [-0.4, -0.2) is 15.9 Å². The van der Waals surface area contributed by atoms with E-state index >= 15 is 0 Å². The van der Waals surface area contributed by atoms with Crippen LogP contribution in [0.15, 0.2) is 48.5 Å². The zero-order valence-electron chi connectivity index (χ0n) is 12.5. The molecule has 3 aromatic rings. The van der Waals surface area contributed by atoms with Crippen LogP contribution in [0.3, 0.4) is 0 Å². The molecule has 0 saturated heterocycles. The maximum atomic E-state index is 12.1. The molecule has 1 heterocycles. The zero-order valence-corrected chi connectivity index (χ0v) is 12.5. The third kappa shape index (κ3) is 2.96. The maximum absolute atomic E-state index is 12.1. The standard InChI is InChI=1S/C18H16N2O2/c1-12-13(2)20-17-10-15(8-9-16(17)19-12)18(21)22-11-14-6-4-3-5-7-14/h3-10H,11H2,1-2H3. The number of carbonyl (C=O) groups excluding carboxylic acids is 1. The molecule has 0 aliphatic rings. The van der Waals surface area contributed by atoms with E-state index in [-0.39, 0.29) is 12.6 Å². The Morgan fingerprint density at radius 1 is 0.955 bits per heavy atom. The number of rotatable bonds is 3. The summed E-state index contributed by atoms with van der Waals surface area (Å²) in [6, 6.07) is 14.9. The van der Waals surface area contributed by atoms with Crippen LogP contribution in [0.25, 0.3) is 11.0 Å². The largest absolute Gasteiger partial charge is 0.457 e. The fraction of sp³-hybridized carbons (Fsp3) is 0.167. The Labute approximate surface area is 128 Å². The molecule has 2 aromatic carbocycles. The normalized spacial score (nSPS) is 10.6. The van der Waals surface area contributed by atoms with Gasteiger partial charge in [0.05, 0.1) is 28.0 Å². The number of ether oxygens (including phenoxy) is 1. The van der Waals surface area contributed by atoms with Crippen molar-refractivity contribution in [2.24, 2.45) is 0 Å². The van der Waals surface area contributed by atoms with Gasteiger partial charge in [-0.25, -0.2) is 14.8 Å². The molecule has 0 aliphatic carbocycles. The van der Waals surface area contributed by atoms with Crippen LogP contribution >= 0.6 is 0 Å². The third-order valence-corrected chi connectivity index (χ3v) is 3.52. The van der Waals surface area contributed by atoms with Crippen LogP contribution in [0.5, 0.6) is 0 Å². The SMILES string of the molecule is Cc1nc2ccc(C(=O)OCc3ccccc3)cc2nc1C. The van der Waals surface area contributed by atoms with E-state index in [1.54, 1.807) is 18.2 Å². The van der Waals surface area contributed by atoms with Gasteiger partial charge in [-0.05, 0) is 37.6 Å². The number of fused-ring (bicyclic) bond motifs is 1. The number of hydrogen-bond acceptors (Lipinski definition) is 4. The smallest absolute Gasteiger partial charge is 0.338 e. The number of esters is 1. The van der Waals surface area contributed by atoms with Gasteiger partial charge in [0.2, 0.25) is 0 Å². The van der Waals surface area contributed by atoms with Gasteiger partial charge in [-0.1, -0.05) is 30.3 Å². The van der Waals surface area contributed by atoms with Crippen LogP contribution in [-0.2, 0) is 11.3 Å². The molecule has 0 spiro atoms. The fourth-order valence-corrected chi connectivity index (χ4v) is 2.16. The van der Waals surface area contributed by atoms with Crippen molar-refractivity contribution in [1.29, 1.82) is 0 Å². The molecule has 0 aliphatic heterocycles. The van der Waals surface area contributed by atoms with E-state index in [1.807, 2.05) is 44.2 Å². The summed E-state index contributed by atoms with van der Waals surface area (Å²) in [5.41, 5.74) is 4.69. The zero-order chi connectivity index (χ0) is 15.5. The Hall–Kier alpha value is -2.75. The first-order valence-corrected chi connectivity index (χ1v) is 7.09. The van der Waals surface area contributed by atoms with Gasteiger partial charge in [0, 0.05) is 0 Å². The van der Waals surface area contributed by atoms with Crippen molar-refractivity contribution >= 4 is 17.0 Å². The maximum Gasteiger partial charge on any atom is 0.338 e. The second-order valence-electron chi connectivity index (χ2n) is 5.16. The molecule has 0 N–H and O–H groups in total. The third-order valence-electron chi connectivity index (χ3n) is 3.52. The van der Waals surface area contributed by atoms with Crippen molar-refractivity contribution < 1.29 is 9.53 Å². The lowest BCUT2D eigenvalue weighted by Crippen LogP contribution is -2.05. The number of benzene rings is 2. The van der Waals surface area contributed by atoms with Gasteiger partial charge < -0.3 is 4.74 Å². The fourth-order valence-electron chi connectivity index (χ4n) is 2.16. The van der Waals surface area contributed by atoms with Gasteiger partial charge in [0.15, 0.2) is 0 Å². The van der Waals surface area contributed by atoms with E-state index in [0.29, 0.717) is 11.1 Å². The van der Waals surface area contributed by atoms with Crippen LogP contribution in [0.1, 0.15) is 27.3 Å². The van der Waals surface area contributed by atoms with E-state index in [9.17, 15) is 4.79 Å². The highest BCUT2D eigenvalue weighted by atomic mass is 16.5. The van der Waals surface area contributed by atoms with Crippen molar-refractivity contribution in [3.8, 4) is 0 Å². The average Bonchev–Trinajstić information content (AvgIpc) is 2.54. The van der Waals surface area contributed by atoms with Crippen LogP contribution < -0.4 is 0 Å². The van der Waals surface area contributed by atoms with Crippen molar-refractivity contribution in [3.63, 3.8) is 0 Å². The predicted octanol–water partition coefficient (Wildman–Crippen LogP) is 3.60. The molecule has 4 heteroatoms. The van der Waals surface area contributed by atoms with E-state index < -0.39 is 0 Å². The first-order valence-electron chi connectivity index (χ1n) is 7.09. The van der Waals surface area contributed by atoms with Gasteiger partial charge in [0.1, 0.15) is 6.61 Å². The quantitative estimate of drug-likeness (QED) is 0.692. The second-order valence-corrected chi connectivity index (χ2v) is 5.16. The lowest BCUT2D eigenvalue weighted by atomic mass is 10.2. The summed E-state index contributed by atoms with van der Waals surface area (Å²) in [6.07, 6.45) is 0. The van der Waals surface area contributed by atoms with Crippen molar-refractivity contribution in [1.82, 2.24) is 9.97 Å². The Bertz CT molecular complexity index is 829. The Morgan fingerprint density at radius 2 is 1.64 bits per heavy atom. The lowest BCUT2D eigenvalue weighted by Gasteiger charge is -2.07. The Kier molecular flexibility index (Phi) is 3.83. The number of carbonyl (C=O) groups is 1. The molecular weight excluding hydrogens is 276 g/mol. The monoisotopic (exact) mass is 292 g/mol. The van der Waals surface area contributed by atoms with E-state index in [4.69, 9.17) is 4.74 Å². The molecule has 0 radical (unpaired) electrons. The average molecular weight is 292 g/mol. The summed E-state index contributed by atoms with van der Waals surface area (Å²) in [5.74, 6) is -0.356.